The highest BCUT2D eigenvalue weighted by Crippen LogP contribution is 2.36. The third kappa shape index (κ3) is 1.68. The number of carbonyl (C=O) groups is 1. The van der Waals surface area contributed by atoms with Gasteiger partial charge in [-0.1, -0.05) is 18.2 Å². The molecule has 0 aliphatic carbocycles. The van der Waals surface area contributed by atoms with Crippen LogP contribution in [0, 0.1) is 0 Å². The van der Waals surface area contributed by atoms with Crippen molar-refractivity contribution >= 4 is 34.2 Å². The summed E-state index contributed by atoms with van der Waals surface area (Å²) in [5.41, 5.74) is -0.519. The molecule has 0 fully saturated rings. The van der Waals surface area contributed by atoms with Gasteiger partial charge in [-0.15, -0.1) is 0 Å². The van der Waals surface area contributed by atoms with E-state index in [1.807, 2.05) is 40.8 Å². The molecule has 0 radical (unpaired) electrons. The number of aliphatic hydroxyl groups is 1. The van der Waals surface area contributed by atoms with E-state index < -0.39 is 5.72 Å². The van der Waals surface area contributed by atoms with E-state index in [9.17, 15) is 9.90 Å². The highest BCUT2D eigenvalue weighted by atomic mass is 127. The first-order chi connectivity index (χ1) is 7.03. The minimum absolute atomic E-state index is 0.185. The number of benzene rings is 1. The highest BCUT2D eigenvalue weighted by molar-refractivity contribution is 14.1. The van der Waals surface area contributed by atoms with Crippen LogP contribution in [0.5, 0.6) is 0 Å². The molecular weight excluding hydrogens is 305 g/mol. The maximum absolute atomic E-state index is 11.7. The summed E-state index contributed by atoms with van der Waals surface area (Å²) in [6.45, 7) is 1.61. The minimum Gasteiger partial charge on any atom is -0.366 e. The Kier molecular flexibility index (Phi) is 2.56. The zero-order chi connectivity index (χ0) is 11.1. The van der Waals surface area contributed by atoms with E-state index in [2.05, 4.69) is 0 Å². The summed E-state index contributed by atoms with van der Waals surface area (Å²) < 4.78 is 0.633. The van der Waals surface area contributed by atoms with E-state index in [4.69, 9.17) is 0 Å². The Morgan fingerprint density at radius 1 is 1.33 bits per heavy atom. The fraction of sp³-hybridized carbons (Fsp3) is 0.182. The first kappa shape index (κ1) is 10.6. The van der Waals surface area contributed by atoms with Crippen LogP contribution in [0.25, 0.3) is 0 Å². The molecule has 0 aromatic heterocycles. The molecule has 0 saturated heterocycles. The SMILES string of the molecule is CC1(O)C(I)=CC(=O)N1c1ccccc1. The lowest BCUT2D eigenvalue weighted by atomic mass is 10.2. The van der Waals surface area contributed by atoms with Crippen LogP contribution in [0.2, 0.25) is 0 Å². The van der Waals surface area contributed by atoms with Gasteiger partial charge in [-0.05, 0) is 41.6 Å². The predicted molar refractivity (Wildman–Crippen MR) is 66.7 cm³/mol. The lowest BCUT2D eigenvalue weighted by Crippen LogP contribution is -2.45. The molecule has 0 saturated carbocycles. The van der Waals surface area contributed by atoms with Gasteiger partial charge in [-0.2, -0.15) is 0 Å². The molecule has 1 aliphatic heterocycles. The Labute approximate surface area is 102 Å². The van der Waals surface area contributed by atoms with Crippen molar-refractivity contribution in [3.05, 3.63) is 40.0 Å². The lowest BCUT2D eigenvalue weighted by molar-refractivity contribution is -0.115. The van der Waals surface area contributed by atoms with Crippen molar-refractivity contribution in [2.75, 3.05) is 4.90 Å². The quantitative estimate of drug-likeness (QED) is 0.806. The maximum atomic E-state index is 11.7. The number of amides is 1. The Morgan fingerprint density at radius 2 is 1.93 bits per heavy atom. The van der Waals surface area contributed by atoms with Crippen LogP contribution < -0.4 is 4.90 Å². The van der Waals surface area contributed by atoms with Crippen molar-refractivity contribution in [2.24, 2.45) is 0 Å². The first-order valence-electron chi connectivity index (χ1n) is 4.53. The summed E-state index contributed by atoms with van der Waals surface area (Å²) in [4.78, 5) is 13.1. The van der Waals surface area contributed by atoms with Crippen molar-refractivity contribution in [1.82, 2.24) is 0 Å². The Morgan fingerprint density at radius 3 is 2.40 bits per heavy atom. The number of para-hydroxylation sites is 1. The van der Waals surface area contributed by atoms with E-state index >= 15 is 0 Å². The number of halogens is 1. The number of hydrogen-bond donors (Lipinski definition) is 1. The molecule has 15 heavy (non-hydrogen) atoms. The van der Waals surface area contributed by atoms with Crippen LogP contribution in [0.3, 0.4) is 0 Å². The molecule has 2 rings (SSSR count). The van der Waals surface area contributed by atoms with E-state index in [1.165, 1.54) is 11.0 Å². The molecule has 1 aromatic rings. The molecule has 1 aromatic carbocycles. The monoisotopic (exact) mass is 315 g/mol. The van der Waals surface area contributed by atoms with Gasteiger partial charge in [0.05, 0.1) is 0 Å². The number of carbonyl (C=O) groups excluding carboxylic acids is 1. The van der Waals surface area contributed by atoms with Gasteiger partial charge in [0.1, 0.15) is 0 Å². The van der Waals surface area contributed by atoms with Crippen LogP contribution >= 0.6 is 22.6 Å². The molecule has 78 valence electrons. The lowest BCUT2D eigenvalue weighted by Gasteiger charge is -2.31. The summed E-state index contributed by atoms with van der Waals surface area (Å²) in [5.74, 6) is -0.185. The smallest absolute Gasteiger partial charge is 0.254 e. The minimum atomic E-state index is -1.22. The molecule has 1 N–H and O–H groups in total. The molecule has 0 bridgehead atoms. The van der Waals surface area contributed by atoms with Crippen molar-refractivity contribution in [1.29, 1.82) is 0 Å². The summed E-state index contributed by atoms with van der Waals surface area (Å²) in [6, 6.07) is 9.15. The van der Waals surface area contributed by atoms with Crippen LogP contribution in [-0.2, 0) is 4.79 Å². The molecule has 0 spiro atoms. The van der Waals surface area contributed by atoms with Gasteiger partial charge in [0.15, 0.2) is 5.72 Å². The number of hydrogen-bond acceptors (Lipinski definition) is 2. The molecule has 4 heteroatoms. The van der Waals surface area contributed by atoms with E-state index in [1.54, 1.807) is 19.1 Å². The molecule has 1 heterocycles. The average Bonchev–Trinajstić information content (AvgIpc) is 2.37. The van der Waals surface area contributed by atoms with Gasteiger partial charge in [-0.25, -0.2) is 0 Å². The number of nitrogens with zero attached hydrogens (tertiary/aromatic N) is 1. The fourth-order valence-electron chi connectivity index (χ4n) is 1.59. The topological polar surface area (TPSA) is 40.5 Å². The van der Waals surface area contributed by atoms with Crippen LogP contribution in [-0.4, -0.2) is 16.7 Å². The number of rotatable bonds is 1. The molecule has 1 atom stereocenters. The summed E-state index contributed by atoms with van der Waals surface area (Å²) in [7, 11) is 0. The normalized spacial score (nSPS) is 25.7. The van der Waals surface area contributed by atoms with Crippen LogP contribution in [0.15, 0.2) is 40.0 Å². The maximum Gasteiger partial charge on any atom is 0.254 e. The van der Waals surface area contributed by atoms with Gasteiger partial charge in [-0.3, -0.25) is 9.69 Å². The fourth-order valence-corrected chi connectivity index (χ4v) is 2.09. The summed E-state index contributed by atoms with van der Waals surface area (Å²) in [6.07, 6.45) is 1.45. The third-order valence-electron chi connectivity index (χ3n) is 2.37. The average molecular weight is 315 g/mol. The standard InChI is InChI=1S/C11H10INO2/c1-11(15)9(12)7-10(14)13(11)8-5-3-2-4-6-8/h2-7,15H,1H3. The van der Waals surface area contributed by atoms with Gasteiger partial charge in [0.2, 0.25) is 0 Å². The molecular formula is C11H10INO2. The zero-order valence-corrected chi connectivity index (χ0v) is 10.3. The Balaban J connectivity index is 2.45. The van der Waals surface area contributed by atoms with E-state index in [0.29, 0.717) is 9.27 Å². The second-order valence-electron chi connectivity index (χ2n) is 3.52. The Hall–Kier alpha value is -0.880. The number of anilines is 1. The van der Waals surface area contributed by atoms with Crippen molar-refractivity contribution in [2.45, 2.75) is 12.6 Å². The van der Waals surface area contributed by atoms with Crippen LogP contribution in [0.1, 0.15) is 6.92 Å². The largest absolute Gasteiger partial charge is 0.366 e. The van der Waals surface area contributed by atoms with E-state index in [-0.39, 0.29) is 5.91 Å². The van der Waals surface area contributed by atoms with Gasteiger partial charge < -0.3 is 5.11 Å². The van der Waals surface area contributed by atoms with Crippen LogP contribution in [0.4, 0.5) is 5.69 Å². The molecule has 1 amide bonds. The molecule has 1 aliphatic rings. The second kappa shape index (κ2) is 3.61. The first-order valence-corrected chi connectivity index (χ1v) is 5.60. The van der Waals surface area contributed by atoms with Crippen molar-refractivity contribution < 1.29 is 9.90 Å². The van der Waals surface area contributed by atoms with Crippen molar-refractivity contribution in [3.63, 3.8) is 0 Å². The highest BCUT2D eigenvalue weighted by Gasteiger charge is 2.41. The van der Waals surface area contributed by atoms with Gasteiger partial charge in [0, 0.05) is 15.3 Å². The zero-order valence-electron chi connectivity index (χ0n) is 8.14. The summed E-state index contributed by atoms with van der Waals surface area (Å²) >= 11 is 1.98. The summed E-state index contributed by atoms with van der Waals surface area (Å²) in [5, 5.41) is 10.2. The van der Waals surface area contributed by atoms with Gasteiger partial charge >= 0.3 is 0 Å². The van der Waals surface area contributed by atoms with E-state index in [0.717, 1.165) is 0 Å². The van der Waals surface area contributed by atoms with Gasteiger partial charge in [0.25, 0.3) is 5.91 Å². The predicted octanol–water partition coefficient (Wildman–Crippen LogP) is 2.06. The molecule has 3 nitrogen and oxygen atoms in total. The molecule has 1 unspecified atom stereocenters. The second-order valence-corrected chi connectivity index (χ2v) is 4.68. The van der Waals surface area contributed by atoms with Crippen molar-refractivity contribution in [3.8, 4) is 0 Å². The Bertz CT molecular complexity index is 425. The third-order valence-corrected chi connectivity index (χ3v) is 3.71.